The normalized spacial score (nSPS) is 24.6. The van der Waals surface area contributed by atoms with Crippen molar-refractivity contribution in [1.29, 1.82) is 0 Å². The van der Waals surface area contributed by atoms with Crippen molar-refractivity contribution < 1.29 is 18.7 Å². The molecule has 2 aliphatic heterocycles. The zero-order chi connectivity index (χ0) is 18.9. The minimum absolute atomic E-state index is 0.0123. The maximum atomic E-state index is 15.6. The van der Waals surface area contributed by atoms with E-state index in [4.69, 9.17) is 0 Å². The number of fused-ring (bicyclic) bond motifs is 2. The Labute approximate surface area is 153 Å². The summed E-state index contributed by atoms with van der Waals surface area (Å²) in [5.74, 6) is -2.60. The van der Waals surface area contributed by atoms with Gasteiger partial charge in [-0.2, -0.15) is 0 Å². The van der Waals surface area contributed by atoms with Crippen LogP contribution in [-0.2, 0) is 0 Å². The van der Waals surface area contributed by atoms with Gasteiger partial charge in [-0.15, -0.1) is 0 Å². The van der Waals surface area contributed by atoms with Crippen LogP contribution in [0.5, 0.6) is 0 Å². The van der Waals surface area contributed by atoms with E-state index in [-0.39, 0.29) is 28.7 Å². The number of rotatable bonds is 3. The number of carboxylic acids is 1. The first-order chi connectivity index (χ1) is 13.0. The fourth-order valence-electron chi connectivity index (χ4n) is 4.61. The SMILES string of the molecule is O=C(O)c1cn(C2CC2)c2c(F)c(N3CCC4CNCC43)c(F)cc2c1=O. The third-order valence-corrected chi connectivity index (χ3v) is 6.09. The van der Waals surface area contributed by atoms with Gasteiger partial charge >= 0.3 is 5.97 Å². The summed E-state index contributed by atoms with van der Waals surface area (Å²) in [7, 11) is 0. The molecule has 2 saturated heterocycles. The maximum absolute atomic E-state index is 15.6. The highest BCUT2D eigenvalue weighted by Crippen LogP contribution is 2.41. The number of nitrogens with one attached hydrogen (secondary N) is 1. The number of nitrogens with zero attached hydrogens (tertiary/aromatic N) is 2. The summed E-state index contributed by atoms with van der Waals surface area (Å²) in [4.78, 5) is 25.7. The molecule has 0 bridgehead atoms. The molecule has 2 aromatic rings. The topological polar surface area (TPSA) is 74.6 Å². The molecule has 5 rings (SSSR count). The fourth-order valence-corrected chi connectivity index (χ4v) is 4.61. The Bertz CT molecular complexity index is 1030. The van der Waals surface area contributed by atoms with Gasteiger partial charge in [-0.25, -0.2) is 13.6 Å². The molecule has 3 fully saturated rings. The predicted molar refractivity (Wildman–Crippen MR) is 95.5 cm³/mol. The number of anilines is 1. The lowest BCUT2D eigenvalue weighted by molar-refractivity contribution is 0.0695. The number of hydrogen-bond acceptors (Lipinski definition) is 4. The van der Waals surface area contributed by atoms with Crippen molar-refractivity contribution in [3.63, 3.8) is 0 Å². The molecule has 1 aromatic carbocycles. The van der Waals surface area contributed by atoms with Gasteiger partial charge in [-0.3, -0.25) is 4.79 Å². The summed E-state index contributed by atoms with van der Waals surface area (Å²) in [6, 6.07) is 0.987. The second kappa shape index (κ2) is 5.76. The van der Waals surface area contributed by atoms with E-state index in [0.29, 0.717) is 19.0 Å². The molecule has 3 heterocycles. The first kappa shape index (κ1) is 16.7. The van der Waals surface area contributed by atoms with Crippen molar-refractivity contribution in [1.82, 2.24) is 9.88 Å². The van der Waals surface area contributed by atoms with Crippen molar-refractivity contribution in [2.24, 2.45) is 5.92 Å². The second-order valence-electron chi connectivity index (χ2n) is 7.70. The smallest absolute Gasteiger partial charge is 0.341 e. The highest BCUT2D eigenvalue weighted by molar-refractivity contribution is 5.94. The van der Waals surface area contributed by atoms with Crippen LogP contribution < -0.4 is 15.6 Å². The molecule has 2 unspecified atom stereocenters. The summed E-state index contributed by atoms with van der Waals surface area (Å²) >= 11 is 0. The minimum atomic E-state index is -1.39. The Morgan fingerprint density at radius 1 is 1.22 bits per heavy atom. The zero-order valence-corrected chi connectivity index (χ0v) is 14.5. The lowest BCUT2D eigenvalue weighted by Crippen LogP contribution is -2.35. The van der Waals surface area contributed by atoms with Gasteiger partial charge in [0.25, 0.3) is 0 Å². The molecule has 27 heavy (non-hydrogen) atoms. The lowest BCUT2D eigenvalue weighted by atomic mass is 10.0. The van der Waals surface area contributed by atoms with E-state index in [1.165, 1.54) is 10.8 Å². The van der Waals surface area contributed by atoms with Crippen molar-refractivity contribution in [2.75, 3.05) is 24.5 Å². The quantitative estimate of drug-likeness (QED) is 0.860. The van der Waals surface area contributed by atoms with Gasteiger partial charge in [0.15, 0.2) is 5.82 Å². The molecule has 2 N–H and O–H groups in total. The van der Waals surface area contributed by atoms with E-state index >= 15 is 4.39 Å². The zero-order valence-electron chi connectivity index (χ0n) is 14.5. The molecule has 1 aliphatic carbocycles. The van der Waals surface area contributed by atoms with Crippen LogP contribution in [0, 0.1) is 17.6 Å². The summed E-state index contributed by atoms with van der Waals surface area (Å²) < 4.78 is 32.1. The molecule has 1 aromatic heterocycles. The van der Waals surface area contributed by atoms with Crippen LogP contribution in [0.1, 0.15) is 35.7 Å². The van der Waals surface area contributed by atoms with E-state index in [1.807, 2.05) is 0 Å². The average molecular weight is 375 g/mol. The Morgan fingerprint density at radius 3 is 2.70 bits per heavy atom. The van der Waals surface area contributed by atoms with Crippen LogP contribution in [0.2, 0.25) is 0 Å². The average Bonchev–Trinajstić information content (AvgIpc) is 3.23. The first-order valence-corrected chi connectivity index (χ1v) is 9.25. The minimum Gasteiger partial charge on any atom is -0.477 e. The van der Waals surface area contributed by atoms with Crippen molar-refractivity contribution in [3.05, 3.63) is 39.7 Å². The molecule has 8 heteroatoms. The van der Waals surface area contributed by atoms with Crippen LogP contribution in [0.25, 0.3) is 10.9 Å². The Morgan fingerprint density at radius 2 is 2.00 bits per heavy atom. The predicted octanol–water partition coefficient (Wildman–Crippen LogP) is 2.11. The molecular formula is C19H19F2N3O3. The number of benzene rings is 1. The molecule has 142 valence electrons. The largest absolute Gasteiger partial charge is 0.477 e. The summed E-state index contributed by atoms with van der Waals surface area (Å²) in [5, 5.41) is 12.4. The van der Waals surface area contributed by atoms with E-state index in [0.717, 1.165) is 31.9 Å². The van der Waals surface area contributed by atoms with Crippen LogP contribution in [0.3, 0.4) is 0 Å². The number of aromatic nitrogens is 1. The van der Waals surface area contributed by atoms with Gasteiger partial charge in [0.05, 0.1) is 10.9 Å². The van der Waals surface area contributed by atoms with Gasteiger partial charge in [-0.1, -0.05) is 0 Å². The number of aromatic carboxylic acids is 1. The van der Waals surface area contributed by atoms with E-state index < -0.39 is 28.6 Å². The highest BCUT2D eigenvalue weighted by atomic mass is 19.1. The van der Waals surface area contributed by atoms with E-state index in [9.17, 15) is 19.1 Å². The summed E-state index contributed by atoms with van der Waals surface area (Å²) in [6.45, 7) is 2.08. The van der Waals surface area contributed by atoms with Gasteiger partial charge in [-0.05, 0) is 31.2 Å². The van der Waals surface area contributed by atoms with Crippen molar-refractivity contribution in [2.45, 2.75) is 31.3 Å². The van der Waals surface area contributed by atoms with Crippen LogP contribution in [0.15, 0.2) is 17.1 Å². The number of hydrogen-bond donors (Lipinski definition) is 2. The molecule has 0 radical (unpaired) electrons. The fraction of sp³-hybridized carbons (Fsp3) is 0.474. The first-order valence-electron chi connectivity index (χ1n) is 9.25. The molecule has 6 nitrogen and oxygen atoms in total. The van der Waals surface area contributed by atoms with Crippen LogP contribution in [-0.4, -0.2) is 41.3 Å². The van der Waals surface area contributed by atoms with Gasteiger partial charge in [0.1, 0.15) is 17.1 Å². The van der Waals surface area contributed by atoms with E-state index in [1.54, 1.807) is 4.90 Å². The van der Waals surface area contributed by atoms with Gasteiger partial charge in [0.2, 0.25) is 5.43 Å². The molecule has 0 spiro atoms. The monoisotopic (exact) mass is 375 g/mol. The van der Waals surface area contributed by atoms with Crippen molar-refractivity contribution in [3.8, 4) is 0 Å². The Kier molecular flexibility index (Phi) is 3.56. The maximum Gasteiger partial charge on any atom is 0.341 e. The summed E-state index contributed by atoms with van der Waals surface area (Å²) in [5.41, 5.74) is -1.39. The Hall–Kier alpha value is -2.48. The molecule has 1 saturated carbocycles. The number of carboxylic acid groups (broad SMARTS) is 1. The summed E-state index contributed by atoms with van der Waals surface area (Å²) in [6.07, 6.45) is 3.63. The standard InChI is InChI=1S/C19H19F2N3O3/c20-13-5-11-16(24(10-1-2-10)8-12(18(11)25)19(26)27)15(21)17(13)23-4-3-9-6-22-7-14(9)23/h5,8-10,14,22H,1-4,6-7H2,(H,26,27). The highest BCUT2D eigenvalue weighted by Gasteiger charge is 2.40. The lowest BCUT2D eigenvalue weighted by Gasteiger charge is -2.27. The van der Waals surface area contributed by atoms with Crippen LogP contribution >= 0.6 is 0 Å². The van der Waals surface area contributed by atoms with E-state index in [2.05, 4.69) is 5.32 Å². The van der Waals surface area contributed by atoms with Gasteiger partial charge in [0, 0.05) is 37.9 Å². The van der Waals surface area contributed by atoms with Gasteiger partial charge < -0.3 is 19.9 Å². The molecule has 2 atom stereocenters. The second-order valence-corrected chi connectivity index (χ2v) is 7.70. The molecular weight excluding hydrogens is 356 g/mol. The Balaban J connectivity index is 1.77. The number of pyridine rings is 1. The number of halogens is 2. The molecule has 0 amide bonds. The third-order valence-electron chi connectivity index (χ3n) is 6.09. The number of carbonyl (C=O) groups is 1. The molecule has 3 aliphatic rings. The third kappa shape index (κ3) is 2.39. The van der Waals surface area contributed by atoms with Crippen LogP contribution in [0.4, 0.5) is 14.5 Å². The van der Waals surface area contributed by atoms with Crippen molar-refractivity contribution >= 4 is 22.6 Å².